The van der Waals surface area contributed by atoms with E-state index in [1.807, 2.05) is 12.1 Å². The standard InChI is InChI=1S/C21H24N6O2S/c1-25-14-20(24-16-25)30(28,29)27-13-17-4-2-3-5-18(17)21(15-27)6-10-26(11-7-21)19-12-22-8-9-23-19/h2-5,8-9,12,14,16H,6-7,10-11,13,15H2,1H3. The molecule has 1 spiro atoms. The Morgan fingerprint density at radius 1 is 1.07 bits per heavy atom. The average Bonchev–Trinajstić information content (AvgIpc) is 3.22. The Balaban J connectivity index is 1.48. The number of nitrogens with zero attached hydrogens (tertiary/aromatic N) is 6. The van der Waals surface area contributed by atoms with Crippen LogP contribution in [0.4, 0.5) is 5.82 Å². The molecule has 156 valence electrons. The third-order valence-electron chi connectivity index (χ3n) is 6.29. The van der Waals surface area contributed by atoms with Gasteiger partial charge in [0.15, 0.2) is 5.03 Å². The van der Waals surface area contributed by atoms with Crippen molar-refractivity contribution in [2.45, 2.75) is 29.8 Å². The van der Waals surface area contributed by atoms with Gasteiger partial charge >= 0.3 is 0 Å². The van der Waals surface area contributed by atoms with Gasteiger partial charge < -0.3 is 9.47 Å². The fourth-order valence-corrected chi connectivity index (χ4v) is 6.18. The van der Waals surface area contributed by atoms with Gasteiger partial charge in [0.05, 0.1) is 12.5 Å². The number of piperidine rings is 1. The first-order valence-electron chi connectivity index (χ1n) is 10.1. The zero-order valence-corrected chi connectivity index (χ0v) is 17.7. The SMILES string of the molecule is Cn1cnc(S(=O)(=O)N2Cc3ccccc3C3(CCN(c4cnccn4)CC3)C2)c1. The van der Waals surface area contributed by atoms with Gasteiger partial charge in [-0.05, 0) is 24.0 Å². The minimum absolute atomic E-state index is 0.108. The summed E-state index contributed by atoms with van der Waals surface area (Å²) in [5.74, 6) is 0.870. The van der Waals surface area contributed by atoms with Crippen LogP contribution in [0, 0.1) is 0 Å². The molecule has 9 heteroatoms. The highest BCUT2D eigenvalue weighted by molar-refractivity contribution is 7.89. The molecule has 0 aliphatic carbocycles. The number of sulfonamides is 1. The number of imidazole rings is 1. The van der Waals surface area contributed by atoms with Crippen molar-refractivity contribution < 1.29 is 8.42 Å². The van der Waals surface area contributed by atoms with Crippen molar-refractivity contribution >= 4 is 15.8 Å². The van der Waals surface area contributed by atoms with Crippen LogP contribution in [0.25, 0.3) is 0 Å². The highest BCUT2D eigenvalue weighted by Gasteiger charge is 2.45. The van der Waals surface area contributed by atoms with E-state index >= 15 is 0 Å². The van der Waals surface area contributed by atoms with Gasteiger partial charge in [-0.1, -0.05) is 24.3 Å². The number of aryl methyl sites for hydroxylation is 1. The number of hydrogen-bond acceptors (Lipinski definition) is 6. The van der Waals surface area contributed by atoms with E-state index in [0.717, 1.165) is 37.3 Å². The third-order valence-corrected chi connectivity index (χ3v) is 7.97. The molecular weight excluding hydrogens is 400 g/mol. The number of hydrogen-bond donors (Lipinski definition) is 0. The summed E-state index contributed by atoms with van der Waals surface area (Å²) in [4.78, 5) is 14.9. The summed E-state index contributed by atoms with van der Waals surface area (Å²) in [5, 5.41) is 0.108. The van der Waals surface area contributed by atoms with Crippen LogP contribution in [0.1, 0.15) is 24.0 Å². The second-order valence-electron chi connectivity index (χ2n) is 8.14. The van der Waals surface area contributed by atoms with E-state index in [-0.39, 0.29) is 10.4 Å². The molecule has 0 amide bonds. The maximum atomic E-state index is 13.3. The van der Waals surface area contributed by atoms with Crippen LogP contribution >= 0.6 is 0 Å². The summed E-state index contributed by atoms with van der Waals surface area (Å²) in [6, 6.07) is 8.25. The van der Waals surface area contributed by atoms with Crippen LogP contribution in [0.15, 0.2) is 60.4 Å². The van der Waals surface area contributed by atoms with E-state index in [2.05, 4.69) is 32.0 Å². The first-order valence-corrected chi connectivity index (χ1v) is 11.5. The Bertz CT molecular complexity index is 1150. The average molecular weight is 425 g/mol. The Morgan fingerprint density at radius 2 is 1.87 bits per heavy atom. The summed E-state index contributed by atoms with van der Waals surface area (Å²) in [5.41, 5.74) is 2.14. The third kappa shape index (κ3) is 3.18. The Hall–Kier alpha value is -2.78. The maximum Gasteiger partial charge on any atom is 0.262 e. The molecule has 30 heavy (non-hydrogen) atoms. The summed E-state index contributed by atoms with van der Waals surface area (Å²) >= 11 is 0. The Kier molecular flexibility index (Phi) is 4.59. The molecule has 0 atom stereocenters. The largest absolute Gasteiger partial charge is 0.355 e. The highest BCUT2D eigenvalue weighted by Crippen LogP contribution is 2.43. The van der Waals surface area contributed by atoms with Crippen LogP contribution < -0.4 is 4.90 Å². The molecule has 0 bridgehead atoms. The minimum Gasteiger partial charge on any atom is -0.355 e. The van der Waals surface area contributed by atoms with Crippen molar-refractivity contribution in [3.63, 3.8) is 0 Å². The first kappa shape index (κ1) is 19.2. The molecule has 1 fully saturated rings. The molecule has 4 heterocycles. The van der Waals surface area contributed by atoms with Crippen molar-refractivity contribution in [1.82, 2.24) is 23.8 Å². The molecule has 0 saturated carbocycles. The van der Waals surface area contributed by atoms with Gasteiger partial charge in [-0.2, -0.15) is 4.31 Å². The summed E-state index contributed by atoms with van der Waals surface area (Å²) in [7, 11) is -1.88. The van der Waals surface area contributed by atoms with Gasteiger partial charge in [-0.15, -0.1) is 0 Å². The first-order chi connectivity index (χ1) is 14.5. The van der Waals surface area contributed by atoms with Crippen LogP contribution in [0.2, 0.25) is 0 Å². The second-order valence-corrected chi connectivity index (χ2v) is 10.0. The Labute approximate surface area is 176 Å². The van der Waals surface area contributed by atoms with E-state index in [1.54, 1.807) is 40.7 Å². The molecule has 5 rings (SSSR count). The zero-order chi connectivity index (χ0) is 20.8. The number of aromatic nitrogens is 4. The molecule has 2 aromatic heterocycles. The number of anilines is 1. The van der Waals surface area contributed by atoms with Gasteiger partial charge in [0.25, 0.3) is 10.0 Å². The predicted octanol–water partition coefficient (Wildman–Crippen LogP) is 1.95. The van der Waals surface area contributed by atoms with E-state index in [0.29, 0.717) is 13.1 Å². The summed E-state index contributed by atoms with van der Waals surface area (Å²) < 4.78 is 30.0. The molecule has 3 aromatic rings. The molecule has 2 aliphatic rings. The lowest BCUT2D eigenvalue weighted by Gasteiger charge is -2.48. The van der Waals surface area contributed by atoms with Gasteiger partial charge in [0.2, 0.25) is 0 Å². The van der Waals surface area contributed by atoms with Gasteiger partial charge in [-0.25, -0.2) is 18.4 Å². The van der Waals surface area contributed by atoms with E-state index < -0.39 is 10.0 Å². The quantitative estimate of drug-likeness (QED) is 0.639. The van der Waals surface area contributed by atoms with Crippen LogP contribution in [0.3, 0.4) is 0 Å². The lowest BCUT2D eigenvalue weighted by atomic mass is 9.69. The topological polar surface area (TPSA) is 84.2 Å². The van der Waals surface area contributed by atoms with E-state index in [1.165, 1.54) is 11.9 Å². The van der Waals surface area contributed by atoms with Crippen LogP contribution in [0.5, 0.6) is 0 Å². The fraction of sp³-hybridized carbons (Fsp3) is 0.381. The highest BCUT2D eigenvalue weighted by atomic mass is 32.2. The molecule has 0 radical (unpaired) electrons. The van der Waals surface area contributed by atoms with Crippen molar-refractivity contribution in [1.29, 1.82) is 0 Å². The Morgan fingerprint density at radius 3 is 2.57 bits per heavy atom. The van der Waals surface area contributed by atoms with Gasteiger partial charge in [-0.3, -0.25) is 4.98 Å². The van der Waals surface area contributed by atoms with Crippen molar-refractivity contribution in [2.24, 2.45) is 7.05 Å². The summed E-state index contributed by atoms with van der Waals surface area (Å²) in [6.45, 7) is 2.47. The smallest absolute Gasteiger partial charge is 0.262 e. The predicted molar refractivity (Wildman–Crippen MR) is 112 cm³/mol. The fourth-order valence-electron chi connectivity index (χ4n) is 4.71. The lowest BCUT2D eigenvalue weighted by Crippen LogP contribution is -2.53. The van der Waals surface area contributed by atoms with Crippen molar-refractivity contribution in [2.75, 3.05) is 24.5 Å². The number of fused-ring (bicyclic) bond motifs is 2. The molecular formula is C21H24N6O2S. The molecule has 8 nitrogen and oxygen atoms in total. The molecule has 1 aromatic carbocycles. The zero-order valence-electron chi connectivity index (χ0n) is 16.8. The second kappa shape index (κ2) is 7.17. The van der Waals surface area contributed by atoms with Gasteiger partial charge in [0.1, 0.15) is 5.82 Å². The number of benzene rings is 1. The van der Waals surface area contributed by atoms with Gasteiger partial charge in [0, 0.05) is 57.2 Å². The molecule has 0 unspecified atom stereocenters. The normalized spacial score (nSPS) is 19.0. The summed E-state index contributed by atoms with van der Waals surface area (Å²) in [6.07, 6.45) is 9.97. The van der Waals surface area contributed by atoms with E-state index in [4.69, 9.17) is 0 Å². The molecule has 1 saturated heterocycles. The maximum absolute atomic E-state index is 13.3. The van der Waals surface area contributed by atoms with Crippen molar-refractivity contribution in [3.8, 4) is 0 Å². The number of rotatable bonds is 3. The minimum atomic E-state index is -3.66. The molecule has 2 aliphatic heterocycles. The van der Waals surface area contributed by atoms with Crippen LogP contribution in [-0.2, 0) is 29.0 Å². The monoisotopic (exact) mass is 424 g/mol. The molecule has 0 N–H and O–H groups in total. The van der Waals surface area contributed by atoms with Crippen LogP contribution in [-0.4, -0.2) is 51.9 Å². The van der Waals surface area contributed by atoms with E-state index in [9.17, 15) is 8.42 Å². The lowest BCUT2D eigenvalue weighted by molar-refractivity contribution is 0.225. The van der Waals surface area contributed by atoms with Crippen molar-refractivity contribution in [3.05, 3.63) is 66.5 Å².